The van der Waals surface area contributed by atoms with Gasteiger partial charge in [0, 0.05) is 12.4 Å². The summed E-state index contributed by atoms with van der Waals surface area (Å²) in [5.74, 6) is 0.732. The lowest BCUT2D eigenvalue weighted by Gasteiger charge is -2.14. The van der Waals surface area contributed by atoms with Gasteiger partial charge in [0.15, 0.2) is 0 Å². The van der Waals surface area contributed by atoms with Crippen LogP contribution in [-0.2, 0) is 0 Å². The summed E-state index contributed by atoms with van der Waals surface area (Å²) in [6.07, 6.45) is 6.61. The Morgan fingerprint density at radius 1 is 0.844 bits per heavy atom. The average molecular weight is 420 g/mol. The van der Waals surface area contributed by atoms with Gasteiger partial charge in [-0.3, -0.25) is 4.79 Å². The molecule has 0 atom stereocenters. The predicted molar refractivity (Wildman–Crippen MR) is 124 cm³/mol. The van der Waals surface area contributed by atoms with E-state index in [1.807, 2.05) is 73.7 Å². The highest BCUT2D eigenvalue weighted by molar-refractivity contribution is 5.64. The highest BCUT2D eigenvalue weighted by Crippen LogP contribution is 2.27. The third kappa shape index (κ3) is 3.81. The Morgan fingerprint density at radius 3 is 2.25 bits per heavy atom. The topological polar surface area (TPSA) is 61.9 Å². The monoisotopic (exact) mass is 420 g/mol. The lowest BCUT2D eigenvalue weighted by atomic mass is 10.1. The van der Waals surface area contributed by atoms with Crippen molar-refractivity contribution in [1.29, 1.82) is 0 Å². The molecular formula is C26H20N4O2. The summed E-state index contributed by atoms with van der Waals surface area (Å²) >= 11 is 0. The maximum Gasteiger partial charge on any atom is 0.316 e. The third-order valence-electron chi connectivity index (χ3n) is 5.16. The Labute approximate surface area is 185 Å². The zero-order valence-corrected chi connectivity index (χ0v) is 17.4. The van der Waals surface area contributed by atoms with Crippen molar-refractivity contribution >= 4 is 0 Å². The number of ether oxygens (including phenoxy) is 1. The van der Waals surface area contributed by atoms with Crippen LogP contribution in [0.5, 0.6) is 11.5 Å². The van der Waals surface area contributed by atoms with Crippen LogP contribution in [0.2, 0.25) is 0 Å². The number of hydrogen-bond acceptors (Lipinski definition) is 4. The van der Waals surface area contributed by atoms with Crippen LogP contribution >= 0.6 is 0 Å². The van der Waals surface area contributed by atoms with E-state index >= 15 is 0 Å². The van der Waals surface area contributed by atoms with E-state index in [-0.39, 0.29) is 11.3 Å². The quantitative estimate of drug-likeness (QED) is 0.393. The molecule has 6 heteroatoms. The number of hydrogen-bond donors (Lipinski definition) is 0. The summed E-state index contributed by atoms with van der Waals surface area (Å²) in [7, 11) is 0. The fraction of sp³-hybridized carbons (Fsp3) is 0.0385. The Bertz CT molecular complexity index is 1390. The van der Waals surface area contributed by atoms with Gasteiger partial charge in [-0.1, -0.05) is 60.2 Å². The smallest absolute Gasteiger partial charge is 0.316 e. The van der Waals surface area contributed by atoms with Gasteiger partial charge in [0.2, 0.25) is 5.75 Å². The van der Waals surface area contributed by atoms with Crippen molar-refractivity contribution in [3.8, 4) is 34.0 Å². The van der Waals surface area contributed by atoms with Crippen molar-refractivity contribution in [3.05, 3.63) is 120 Å². The molecule has 0 saturated carbocycles. The molecule has 0 amide bonds. The number of nitrogens with zero attached hydrogens (tertiary/aromatic N) is 4. The van der Waals surface area contributed by atoms with E-state index in [1.165, 1.54) is 4.68 Å². The Morgan fingerprint density at radius 2 is 1.56 bits per heavy atom. The number of aromatic nitrogens is 4. The molecule has 0 spiro atoms. The molecule has 2 aromatic heterocycles. The second-order valence-corrected chi connectivity index (χ2v) is 7.37. The molecule has 5 rings (SSSR count). The zero-order chi connectivity index (χ0) is 21.9. The molecule has 0 saturated heterocycles. The fourth-order valence-corrected chi connectivity index (χ4v) is 3.44. The zero-order valence-electron chi connectivity index (χ0n) is 17.4. The molecule has 156 valence electrons. The maximum absolute atomic E-state index is 13.4. The van der Waals surface area contributed by atoms with Crippen LogP contribution in [0.15, 0.2) is 109 Å². The van der Waals surface area contributed by atoms with Gasteiger partial charge in [0.1, 0.15) is 11.4 Å². The average Bonchev–Trinajstić information content (AvgIpc) is 3.37. The second-order valence-electron chi connectivity index (χ2n) is 7.37. The lowest BCUT2D eigenvalue weighted by molar-refractivity contribution is 0.464. The summed E-state index contributed by atoms with van der Waals surface area (Å²) in [5, 5.41) is 4.37. The minimum absolute atomic E-state index is 0.172. The van der Waals surface area contributed by atoms with Gasteiger partial charge in [-0.2, -0.15) is 9.78 Å². The van der Waals surface area contributed by atoms with Gasteiger partial charge in [0.05, 0.1) is 18.2 Å². The van der Waals surface area contributed by atoms with E-state index in [9.17, 15) is 4.79 Å². The Hall–Kier alpha value is -4.45. The van der Waals surface area contributed by atoms with Gasteiger partial charge in [-0.25, -0.2) is 4.98 Å². The molecular weight excluding hydrogens is 400 g/mol. The van der Waals surface area contributed by atoms with Crippen molar-refractivity contribution < 1.29 is 4.74 Å². The van der Waals surface area contributed by atoms with Crippen LogP contribution in [0.4, 0.5) is 0 Å². The third-order valence-corrected chi connectivity index (χ3v) is 5.16. The normalized spacial score (nSPS) is 10.8. The molecule has 2 heterocycles. The van der Waals surface area contributed by atoms with Crippen LogP contribution in [0.3, 0.4) is 0 Å². The first-order valence-electron chi connectivity index (χ1n) is 10.2. The molecule has 0 bridgehead atoms. The molecule has 6 nitrogen and oxygen atoms in total. The largest absolute Gasteiger partial charge is 0.449 e. The number of benzene rings is 3. The van der Waals surface area contributed by atoms with Crippen molar-refractivity contribution in [2.75, 3.05) is 0 Å². The first-order chi connectivity index (χ1) is 15.7. The molecule has 0 radical (unpaired) electrons. The number of imidazole rings is 1. The number of aryl methyl sites for hydroxylation is 1. The molecule has 0 unspecified atom stereocenters. The van der Waals surface area contributed by atoms with Crippen molar-refractivity contribution in [3.63, 3.8) is 0 Å². The SMILES string of the molecule is Cc1ccc(-n2ncc(-n3ccnc3)c(Oc3ccc(-c4ccccc4)cc3)c2=O)cc1. The van der Waals surface area contributed by atoms with Crippen LogP contribution < -0.4 is 10.3 Å². The van der Waals surface area contributed by atoms with E-state index in [4.69, 9.17) is 4.74 Å². The van der Waals surface area contributed by atoms with Crippen molar-refractivity contribution in [2.45, 2.75) is 6.92 Å². The molecule has 0 aliphatic carbocycles. The van der Waals surface area contributed by atoms with Crippen molar-refractivity contribution in [2.24, 2.45) is 0 Å². The van der Waals surface area contributed by atoms with Crippen LogP contribution in [0.25, 0.3) is 22.5 Å². The van der Waals surface area contributed by atoms with Gasteiger partial charge >= 0.3 is 5.56 Å². The Balaban J connectivity index is 1.56. The minimum atomic E-state index is -0.354. The summed E-state index contributed by atoms with van der Waals surface area (Å²) < 4.78 is 9.17. The molecule has 0 aliphatic heterocycles. The van der Waals surface area contributed by atoms with Gasteiger partial charge in [-0.05, 0) is 42.3 Å². The van der Waals surface area contributed by atoms with E-state index < -0.39 is 0 Å². The molecule has 5 aromatic rings. The predicted octanol–water partition coefficient (Wildman–Crippen LogP) is 5.19. The summed E-state index contributed by atoms with van der Waals surface area (Å²) in [6, 6.07) is 25.4. The summed E-state index contributed by atoms with van der Waals surface area (Å²) in [4.78, 5) is 17.5. The maximum atomic E-state index is 13.4. The summed E-state index contributed by atoms with van der Waals surface area (Å²) in [5.41, 5.74) is 4.12. The fourth-order valence-electron chi connectivity index (χ4n) is 3.44. The summed E-state index contributed by atoms with van der Waals surface area (Å²) in [6.45, 7) is 2.00. The highest BCUT2D eigenvalue weighted by Gasteiger charge is 2.17. The van der Waals surface area contributed by atoms with Crippen molar-refractivity contribution in [1.82, 2.24) is 19.3 Å². The molecule has 0 N–H and O–H groups in total. The van der Waals surface area contributed by atoms with Crippen LogP contribution in [0.1, 0.15) is 5.56 Å². The van der Waals surface area contributed by atoms with E-state index in [1.54, 1.807) is 29.5 Å². The lowest BCUT2D eigenvalue weighted by Crippen LogP contribution is -2.23. The van der Waals surface area contributed by atoms with E-state index in [0.29, 0.717) is 17.1 Å². The van der Waals surface area contributed by atoms with Gasteiger partial charge in [-0.15, -0.1) is 0 Å². The minimum Gasteiger partial charge on any atom is -0.449 e. The molecule has 0 fully saturated rings. The first-order valence-corrected chi connectivity index (χ1v) is 10.2. The standard InChI is InChI=1S/C26H20N4O2/c1-19-7-11-22(12-8-19)30-26(31)25(24(17-28-30)29-16-15-27-18-29)32-23-13-9-21(10-14-23)20-5-3-2-4-6-20/h2-18H,1H3. The van der Waals surface area contributed by atoms with Gasteiger partial charge < -0.3 is 9.30 Å². The van der Waals surface area contributed by atoms with E-state index in [2.05, 4.69) is 22.2 Å². The Kier molecular flexibility index (Phi) is 5.09. The molecule has 32 heavy (non-hydrogen) atoms. The highest BCUT2D eigenvalue weighted by atomic mass is 16.5. The second kappa shape index (κ2) is 8.35. The van der Waals surface area contributed by atoms with Crippen LogP contribution in [-0.4, -0.2) is 19.3 Å². The molecule has 0 aliphatic rings. The first kappa shape index (κ1) is 19.5. The molecule has 3 aromatic carbocycles. The number of rotatable bonds is 5. The van der Waals surface area contributed by atoms with Crippen LogP contribution in [0, 0.1) is 6.92 Å². The van der Waals surface area contributed by atoms with Gasteiger partial charge in [0.25, 0.3) is 0 Å². The van der Waals surface area contributed by atoms with E-state index in [0.717, 1.165) is 16.7 Å².